The second-order valence-corrected chi connectivity index (χ2v) is 8.12. The molecule has 3 aromatic heterocycles. The zero-order valence-corrected chi connectivity index (χ0v) is 17.8. The number of hydrogen-bond donors (Lipinski definition) is 1. The molecule has 1 aliphatic rings. The topological polar surface area (TPSA) is 92.6 Å². The molecule has 0 spiro atoms. The fourth-order valence-corrected chi connectivity index (χ4v) is 4.05. The van der Waals surface area contributed by atoms with Gasteiger partial charge in [0.25, 0.3) is 5.91 Å². The van der Waals surface area contributed by atoms with Crippen LogP contribution in [0.25, 0.3) is 16.7 Å². The first kappa shape index (κ1) is 19.2. The third-order valence-electron chi connectivity index (χ3n) is 5.79. The average Bonchev–Trinajstić information content (AvgIpc) is 3.47. The average molecular weight is 413 g/mol. The number of nitrogens with one attached hydrogen (secondary N) is 1. The fraction of sp³-hybridized carbons (Fsp3) is 0.261. The number of aromatic amines is 1. The van der Waals surface area contributed by atoms with Gasteiger partial charge in [-0.1, -0.05) is 12.2 Å². The largest absolute Gasteiger partial charge is 0.340 e. The lowest BCUT2D eigenvalue weighted by molar-refractivity contribution is 0.0726. The monoisotopic (exact) mass is 413 g/mol. The maximum absolute atomic E-state index is 13.7. The summed E-state index contributed by atoms with van der Waals surface area (Å²) in [5.41, 5.74) is 6.87. The number of likely N-dealkylation sites (tertiary alicyclic amines) is 1. The lowest BCUT2D eigenvalue weighted by Gasteiger charge is -2.23. The minimum Gasteiger partial charge on any atom is -0.340 e. The van der Waals surface area contributed by atoms with Crippen molar-refractivity contribution in [3.05, 3.63) is 77.2 Å². The van der Waals surface area contributed by atoms with Crippen molar-refractivity contribution in [3.63, 3.8) is 0 Å². The van der Waals surface area contributed by atoms with Crippen molar-refractivity contribution < 1.29 is 4.79 Å². The van der Waals surface area contributed by atoms with Gasteiger partial charge >= 0.3 is 0 Å². The van der Waals surface area contributed by atoms with Crippen molar-refractivity contribution in [2.75, 3.05) is 6.54 Å². The van der Waals surface area contributed by atoms with Crippen molar-refractivity contribution in [1.82, 2.24) is 34.8 Å². The number of aryl methyl sites for hydroxylation is 3. The van der Waals surface area contributed by atoms with Crippen molar-refractivity contribution in [1.29, 1.82) is 0 Å². The molecule has 4 aromatic rings. The molecule has 0 aliphatic carbocycles. The van der Waals surface area contributed by atoms with Crippen LogP contribution in [0.1, 0.15) is 45.6 Å². The minimum absolute atomic E-state index is 0.188. The van der Waals surface area contributed by atoms with Crippen LogP contribution in [0.2, 0.25) is 0 Å². The molecule has 5 rings (SSSR count). The number of imidazole rings is 1. The Morgan fingerprint density at radius 2 is 1.84 bits per heavy atom. The number of fused-ring (bicyclic) bond motifs is 1. The number of pyridine rings is 1. The number of rotatable bonds is 3. The number of aromatic nitrogens is 6. The summed E-state index contributed by atoms with van der Waals surface area (Å²) in [6.45, 7) is 10.6. The highest BCUT2D eigenvalue weighted by Gasteiger charge is 2.36. The molecule has 1 N–H and O–H groups in total. The van der Waals surface area contributed by atoms with Gasteiger partial charge in [0.05, 0.1) is 29.5 Å². The summed E-state index contributed by atoms with van der Waals surface area (Å²) in [5, 5.41) is 8.36. The van der Waals surface area contributed by atoms with Gasteiger partial charge in [0, 0.05) is 12.2 Å². The molecule has 0 radical (unpaired) electrons. The van der Waals surface area contributed by atoms with Gasteiger partial charge in [-0.3, -0.25) is 4.79 Å². The zero-order valence-electron chi connectivity index (χ0n) is 17.8. The summed E-state index contributed by atoms with van der Waals surface area (Å²) < 4.78 is 0. The maximum atomic E-state index is 13.7. The first-order valence-electron chi connectivity index (χ1n) is 10.2. The summed E-state index contributed by atoms with van der Waals surface area (Å²) in [6.07, 6.45) is 3.81. The van der Waals surface area contributed by atoms with Gasteiger partial charge in [0.15, 0.2) is 5.69 Å². The predicted octanol–water partition coefficient (Wildman–Crippen LogP) is 3.61. The number of benzene rings is 1. The molecule has 1 saturated heterocycles. The Balaban J connectivity index is 1.56. The second kappa shape index (κ2) is 7.16. The van der Waals surface area contributed by atoms with Gasteiger partial charge in [-0.25, -0.2) is 9.97 Å². The van der Waals surface area contributed by atoms with Gasteiger partial charge in [0.1, 0.15) is 11.5 Å². The molecule has 0 bridgehead atoms. The molecule has 1 unspecified atom stereocenters. The summed E-state index contributed by atoms with van der Waals surface area (Å²) in [6, 6.07) is 7.61. The predicted molar refractivity (Wildman–Crippen MR) is 117 cm³/mol. The minimum atomic E-state index is -0.228. The van der Waals surface area contributed by atoms with Gasteiger partial charge in [0.2, 0.25) is 0 Å². The molecule has 1 aromatic carbocycles. The Morgan fingerprint density at radius 3 is 2.61 bits per heavy atom. The van der Waals surface area contributed by atoms with Crippen LogP contribution in [0.15, 0.2) is 48.8 Å². The number of amides is 1. The van der Waals surface area contributed by atoms with E-state index in [9.17, 15) is 4.79 Å². The van der Waals surface area contributed by atoms with E-state index in [0.29, 0.717) is 24.3 Å². The van der Waals surface area contributed by atoms with Gasteiger partial charge in [-0.2, -0.15) is 10.2 Å². The SMILES string of the molecule is C=C1CC(c2nc3cc(C)c(C)cc3[nH]2)N(C(=O)c2nc(C)ccc2-n2nccn2)C1. The Hall–Kier alpha value is -3.81. The first-order valence-corrected chi connectivity index (χ1v) is 10.2. The molecular weight excluding hydrogens is 390 g/mol. The van der Waals surface area contributed by atoms with E-state index in [-0.39, 0.29) is 11.9 Å². The number of carbonyl (C=O) groups is 1. The Kier molecular flexibility index (Phi) is 4.43. The summed E-state index contributed by atoms with van der Waals surface area (Å²) in [7, 11) is 0. The van der Waals surface area contributed by atoms with Crippen LogP contribution in [0, 0.1) is 20.8 Å². The van der Waals surface area contributed by atoms with Crippen LogP contribution in [0.5, 0.6) is 0 Å². The molecule has 156 valence electrons. The van der Waals surface area contributed by atoms with Crippen LogP contribution in [0.4, 0.5) is 0 Å². The smallest absolute Gasteiger partial charge is 0.275 e. The second-order valence-electron chi connectivity index (χ2n) is 8.12. The third kappa shape index (κ3) is 3.30. The van der Waals surface area contributed by atoms with E-state index in [0.717, 1.165) is 28.1 Å². The number of nitrogens with zero attached hydrogens (tertiary/aromatic N) is 6. The van der Waals surface area contributed by atoms with Crippen LogP contribution in [0.3, 0.4) is 0 Å². The van der Waals surface area contributed by atoms with E-state index in [1.54, 1.807) is 17.3 Å². The normalized spacial score (nSPS) is 16.4. The quantitative estimate of drug-likeness (QED) is 0.518. The van der Waals surface area contributed by atoms with E-state index < -0.39 is 0 Å². The fourth-order valence-electron chi connectivity index (χ4n) is 4.05. The van der Waals surface area contributed by atoms with E-state index in [1.807, 2.05) is 19.1 Å². The molecular formula is C23H23N7O. The molecule has 0 saturated carbocycles. The van der Waals surface area contributed by atoms with Crippen molar-refractivity contribution in [3.8, 4) is 5.69 Å². The van der Waals surface area contributed by atoms with Crippen LogP contribution in [-0.4, -0.2) is 47.3 Å². The molecule has 1 aliphatic heterocycles. The molecule has 1 atom stereocenters. The molecule has 1 fully saturated rings. The van der Waals surface area contributed by atoms with E-state index in [2.05, 4.69) is 52.7 Å². The number of H-pyrrole nitrogens is 1. The Bertz CT molecular complexity index is 1280. The highest BCUT2D eigenvalue weighted by molar-refractivity contribution is 5.96. The summed E-state index contributed by atoms with van der Waals surface area (Å²) in [4.78, 5) is 29.7. The molecule has 8 heteroatoms. The molecule has 4 heterocycles. The number of hydrogen-bond acceptors (Lipinski definition) is 5. The molecule has 31 heavy (non-hydrogen) atoms. The van der Waals surface area contributed by atoms with E-state index in [4.69, 9.17) is 4.98 Å². The third-order valence-corrected chi connectivity index (χ3v) is 5.79. The summed E-state index contributed by atoms with van der Waals surface area (Å²) >= 11 is 0. The Labute approximate surface area is 179 Å². The molecule has 8 nitrogen and oxygen atoms in total. The van der Waals surface area contributed by atoms with Crippen molar-refractivity contribution >= 4 is 16.9 Å². The number of carbonyl (C=O) groups excluding carboxylic acids is 1. The lowest BCUT2D eigenvalue weighted by Crippen LogP contribution is -2.33. The highest BCUT2D eigenvalue weighted by Crippen LogP contribution is 2.35. The first-order chi connectivity index (χ1) is 14.9. The zero-order chi connectivity index (χ0) is 21.7. The van der Waals surface area contributed by atoms with Crippen LogP contribution in [-0.2, 0) is 0 Å². The van der Waals surface area contributed by atoms with Gasteiger partial charge < -0.3 is 9.88 Å². The van der Waals surface area contributed by atoms with Gasteiger partial charge in [-0.15, -0.1) is 4.80 Å². The highest BCUT2D eigenvalue weighted by atomic mass is 16.2. The van der Waals surface area contributed by atoms with Crippen molar-refractivity contribution in [2.45, 2.75) is 33.2 Å². The standard InChI is InChI=1S/C23H23N7O/c1-13-9-20(22-27-17-10-14(2)15(3)11-18(17)28-22)29(12-13)23(31)21-19(6-5-16(4)26-21)30-24-7-8-25-30/h5-8,10-11,20H,1,9,12H2,2-4H3,(H,27,28). The molecule has 1 amide bonds. The van der Waals surface area contributed by atoms with Gasteiger partial charge in [-0.05, 0) is 62.6 Å². The van der Waals surface area contributed by atoms with Crippen LogP contribution >= 0.6 is 0 Å². The summed E-state index contributed by atoms with van der Waals surface area (Å²) in [5.74, 6) is 0.575. The Morgan fingerprint density at radius 1 is 1.10 bits per heavy atom. The van der Waals surface area contributed by atoms with E-state index in [1.165, 1.54) is 15.9 Å². The van der Waals surface area contributed by atoms with Crippen LogP contribution < -0.4 is 0 Å². The maximum Gasteiger partial charge on any atom is 0.275 e. The lowest BCUT2D eigenvalue weighted by atomic mass is 10.1. The van der Waals surface area contributed by atoms with E-state index >= 15 is 0 Å². The van der Waals surface area contributed by atoms with Crippen molar-refractivity contribution in [2.24, 2.45) is 0 Å².